The molecule has 3 N–H and O–H groups in total. The molecule has 0 atom stereocenters. The number of rotatable bonds is 0. The molecule has 0 fully saturated rings. The summed E-state index contributed by atoms with van der Waals surface area (Å²) in [5.74, 6) is 0.0258. The molecule has 0 radical (unpaired) electrons. The van der Waals surface area contributed by atoms with Gasteiger partial charge in [-0.15, -0.1) is 0 Å². The molecule has 4 aromatic rings. The van der Waals surface area contributed by atoms with Crippen molar-refractivity contribution >= 4 is 38.6 Å². The molecule has 5 rings (SSSR count). The first kappa shape index (κ1) is 10.1. The molecule has 2 aromatic heterocycles. The first-order valence-corrected chi connectivity index (χ1v) is 6.65. The van der Waals surface area contributed by atoms with Gasteiger partial charge in [-0.3, -0.25) is 4.79 Å². The number of aromatic nitrogens is 2. The molecule has 0 unspecified atom stereocenters. The average molecular weight is 261 g/mol. The molecule has 0 saturated heterocycles. The fourth-order valence-electron chi connectivity index (χ4n) is 3.39. The van der Waals surface area contributed by atoms with E-state index in [2.05, 4.69) is 21.4 Å². The molecule has 1 aliphatic rings. The SMILES string of the molecule is O=C1NCc2c1c1c3ccccc3[nH]c1c1[nH]ccc21. The van der Waals surface area contributed by atoms with Gasteiger partial charge in [0.15, 0.2) is 0 Å². The number of hydrogen-bond acceptors (Lipinski definition) is 1. The summed E-state index contributed by atoms with van der Waals surface area (Å²) in [6.07, 6.45) is 1.93. The Balaban J connectivity index is 2.19. The number of fused-ring (bicyclic) bond motifs is 8. The van der Waals surface area contributed by atoms with Crippen LogP contribution < -0.4 is 5.32 Å². The fourth-order valence-corrected chi connectivity index (χ4v) is 3.39. The summed E-state index contributed by atoms with van der Waals surface area (Å²) in [5.41, 5.74) is 5.08. The minimum atomic E-state index is 0.0258. The van der Waals surface area contributed by atoms with Crippen LogP contribution in [0.2, 0.25) is 0 Å². The molecule has 4 heteroatoms. The zero-order chi connectivity index (χ0) is 13.3. The average Bonchev–Trinajstić information content (AvgIpc) is 3.13. The Morgan fingerprint density at radius 3 is 2.85 bits per heavy atom. The Morgan fingerprint density at radius 1 is 1.00 bits per heavy atom. The second kappa shape index (κ2) is 3.22. The van der Waals surface area contributed by atoms with Gasteiger partial charge in [-0.1, -0.05) is 18.2 Å². The monoisotopic (exact) mass is 261 g/mol. The van der Waals surface area contributed by atoms with Crippen molar-refractivity contribution in [1.29, 1.82) is 0 Å². The summed E-state index contributed by atoms with van der Waals surface area (Å²) in [6.45, 7) is 0.609. The van der Waals surface area contributed by atoms with E-state index >= 15 is 0 Å². The van der Waals surface area contributed by atoms with Crippen molar-refractivity contribution in [3.8, 4) is 0 Å². The molecule has 0 saturated carbocycles. The van der Waals surface area contributed by atoms with Crippen LogP contribution in [-0.2, 0) is 6.54 Å². The molecule has 0 spiro atoms. The summed E-state index contributed by atoms with van der Waals surface area (Å²) >= 11 is 0. The third-order valence-corrected chi connectivity index (χ3v) is 4.23. The second-order valence-corrected chi connectivity index (χ2v) is 5.22. The van der Waals surface area contributed by atoms with Gasteiger partial charge in [0.2, 0.25) is 0 Å². The van der Waals surface area contributed by atoms with Crippen molar-refractivity contribution in [3.05, 3.63) is 47.7 Å². The lowest BCUT2D eigenvalue weighted by atomic mass is 9.99. The summed E-state index contributed by atoms with van der Waals surface area (Å²) in [4.78, 5) is 19.0. The maximum absolute atomic E-state index is 12.3. The lowest BCUT2D eigenvalue weighted by Gasteiger charge is -2.02. The van der Waals surface area contributed by atoms with Crippen molar-refractivity contribution in [3.63, 3.8) is 0 Å². The van der Waals surface area contributed by atoms with Crippen LogP contribution in [-0.4, -0.2) is 15.9 Å². The first-order valence-electron chi connectivity index (χ1n) is 6.65. The molecule has 0 aliphatic carbocycles. The molecule has 1 aliphatic heterocycles. The summed E-state index contributed by atoms with van der Waals surface area (Å²) in [5, 5.41) is 6.20. The second-order valence-electron chi connectivity index (χ2n) is 5.22. The van der Waals surface area contributed by atoms with E-state index in [0.29, 0.717) is 6.54 Å². The van der Waals surface area contributed by atoms with Crippen LogP contribution in [0.15, 0.2) is 36.5 Å². The molecule has 3 heterocycles. The molecule has 20 heavy (non-hydrogen) atoms. The number of carbonyl (C=O) groups excluding carboxylic acids is 1. The van der Waals surface area contributed by atoms with Gasteiger partial charge in [-0.05, 0) is 17.7 Å². The van der Waals surface area contributed by atoms with Crippen LogP contribution >= 0.6 is 0 Å². The van der Waals surface area contributed by atoms with Crippen molar-refractivity contribution in [2.75, 3.05) is 0 Å². The van der Waals surface area contributed by atoms with E-state index in [1.807, 2.05) is 30.5 Å². The highest BCUT2D eigenvalue weighted by atomic mass is 16.1. The van der Waals surface area contributed by atoms with Gasteiger partial charge in [-0.2, -0.15) is 0 Å². The highest BCUT2D eigenvalue weighted by molar-refractivity contribution is 6.26. The molecular formula is C16H11N3O. The lowest BCUT2D eigenvalue weighted by Crippen LogP contribution is -2.12. The molecule has 2 aromatic carbocycles. The van der Waals surface area contributed by atoms with Crippen molar-refractivity contribution in [2.45, 2.75) is 6.54 Å². The summed E-state index contributed by atoms with van der Waals surface area (Å²) in [7, 11) is 0. The Labute approximate surface area is 113 Å². The largest absolute Gasteiger partial charge is 0.359 e. The molecular weight excluding hydrogens is 250 g/mol. The number of hydrogen-bond donors (Lipinski definition) is 3. The lowest BCUT2D eigenvalue weighted by molar-refractivity contribution is 0.0967. The first-order chi connectivity index (χ1) is 9.84. The van der Waals surface area contributed by atoms with E-state index in [9.17, 15) is 4.79 Å². The van der Waals surface area contributed by atoms with Gasteiger partial charge >= 0.3 is 0 Å². The number of benzene rings is 2. The van der Waals surface area contributed by atoms with Gasteiger partial charge in [0.25, 0.3) is 5.91 Å². The third kappa shape index (κ3) is 1.01. The van der Waals surface area contributed by atoms with Crippen LogP contribution in [0, 0.1) is 0 Å². The Kier molecular flexibility index (Phi) is 1.62. The number of amides is 1. The van der Waals surface area contributed by atoms with Gasteiger partial charge in [-0.25, -0.2) is 0 Å². The molecule has 96 valence electrons. The maximum atomic E-state index is 12.3. The van der Waals surface area contributed by atoms with Crippen molar-refractivity contribution in [1.82, 2.24) is 15.3 Å². The Bertz CT molecular complexity index is 1020. The number of aromatic amines is 2. The normalized spacial score (nSPS) is 14.3. The predicted molar refractivity (Wildman–Crippen MR) is 78.8 cm³/mol. The molecule has 0 bridgehead atoms. The van der Waals surface area contributed by atoms with E-state index in [1.165, 1.54) is 0 Å². The standard InChI is InChI=1S/C16H11N3O/c20-16-13-10(7-18-16)8-5-6-17-14(8)15-12(13)9-3-1-2-4-11(9)19-15/h1-6,17,19H,7H2,(H,18,20). The maximum Gasteiger partial charge on any atom is 0.252 e. The van der Waals surface area contributed by atoms with Gasteiger partial charge < -0.3 is 15.3 Å². The predicted octanol–water partition coefficient (Wildman–Crippen LogP) is 3.05. The van der Waals surface area contributed by atoms with E-state index in [-0.39, 0.29) is 5.91 Å². The topological polar surface area (TPSA) is 60.7 Å². The van der Waals surface area contributed by atoms with Gasteiger partial charge in [0, 0.05) is 34.4 Å². The number of para-hydroxylation sites is 1. The summed E-state index contributed by atoms with van der Waals surface area (Å²) in [6, 6.07) is 10.2. The van der Waals surface area contributed by atoms with E-state index < -0.39 is 0 Å². The smallest absolute Gasteiger partial charge is 0.252 e. The highest BCUT2D eigenvalue weighted by Crippen LogP contribution is 2.38. The molecule has 4 nitrogen and oxygen atoms in total. The van der Waals surface area contributed by atoms with Gasteiger partial charge in [0.05, 0.1) is 16.6 Å². The Morgan fingerprint density at radius 2 is 1.90 bits per heavy atom. The van der Waals surface area contributed by atoms with E-state index in [1.54, 1.807) is 0 Å². The fraction of sp³-hybridized carbons (Fsp3) is 0.0625. The number of nitrogens with one attached hydrogen (secondary N) is 3. The number of H-pyrrole nitrogens is 2. The van der Waals surface area contributed by atoms with Crippen LogP contribution in [0.4, 0.5) is 0 Å². The van der Waals surface area contributed by atoms with Crippen LogP contribution in [0.5, 0.6) is 0 Å². The van der Waals surface area contributed by atoms with Crippen LogP contribution in [0.3, 0.4) is 0 Å². The quantitative estimate of drug-likeness (QED) is 0.447. The zero-order valence-corrected chi connectivity index (χ0v) is 10.6. The number of carbonyl (C=O) groups is 1. The van der Waals surface area contributed by atoms with E-state index in [0.717, 1.165) is 43.8 Å². The van der Waals surface area contributed by atoms with Crippen molar-refractivity contribution < 1.29 is 4.79 Å². The van der Waals surface area contributed by atoms with Crippen molar-refractivity contribution in [2.24, 2.45) is 0 Å². The summed E-state index contributed by atoms with van der Waals surface area (Å²) < 4.78 is 0. The Hall–Kier alpha value is -2.75. The third-order valence-electron chi connectivity index (χ3n) is 4.23. The zero-order valence-electron chi connectivity index (χ0n) is 10.6. The van der Waals surface area contributed by atoms with Crippen LogP contribution in [0.1, 0.15) is 15.9 Å². The van der Waals surface area contributed by atoms with Crippen LogP contribution in [0.25, 0.3) is 32.7 Å². The van der Waals surface area contributed by atoms with E-state index in [4.69, 9.17) is 0 Å². The minimum absolute atomic E-state index is 0.0258. The molecule has 1 amide bonds. The van der Waals surface area contributed by atoms with Gasteiger partial charge in [0.1, 0.15) is 0 Å². The highest BCUT2D eigenvalue weighted by Gasteiger charge is 2.27. The minimum Gasteiger partial charge on any atom is -0.359 e.